The summed E-state index contributed by atoms with van der Waals surface area (Å²) < 4.78 is 5.85. The molecular weight excluding hydrogens is 466 g/mol. The standard InChI is InChI=1S/C27H22ClN3O4/c28-17-13-14-23-22(16-17)30-25(35-23)20-10-5-6-11-21(20)29-24(32)12-2-1-7-15-31-26(33)18-8-3-4-9-19(18)27(31)34/h3-6,8-11,13-14,16H,1-2,7,12,15H2,(H,29,32). The summed E-state index contributed by atoms with van der Waals surface area (Å²) in [6, 6.07) is 19.4. The fraction of sp³-hybridized carbons (Fsp3) is 0.185. The topological polar surface area (TPSA) is 92.5 Å². The highest BCUT2D eigenvalue weighted by Gasteiger charge is 2.34. The van der Waals surface area contributed by atoms with Gasteiger partial charge in [0.25, 0.3) is 11.8 Å². The lowest BCUT2D eigenvalue weighted by Crippen LogP contribution is -2.30. The van der Waals surface area contributed by atoms with E-state index in [9.17, 15) is 14.4 Å². The fourth-order valence-electron chi connectivity index (χ4n) is 4.18. The molecule has 35 heavy (non-hydrogen) atoms. The van der Waals surface area contributed by atoms with Gasteiger partial charge >= 0.3 is 0 Å². The first-order chi connectivity index (χ1) is 17.0. The van der Waals surface area contributed by atoms with Crippen molar-refractivity contribution in [3.63, 3.8) is 0 Å². The maximum Gasteiger partial charge on any atom is 0.261 e. The van der Waals surface area contributed by atoms with Crippen LogP contribution in [0.5, 0.6) is 0 Å². The molecule has 5 rings (SSSR count). The Morgan fingerprint density at radius 1 is 0.886 bits per heavy atom. The molecular formula is C27H22ClN3O4. The molecule has 1 aliphatic heterocycles. The van der Waals surface area contributed by atoms with Crippen molar-refractivity contribution in [1.29, 1.82) is 0 Å². The summed E-state index contributed by atoms with van der Waals surface area (Å²) in [5, 5.41) is 3.51. The Kier molecular flexibility index (Phi) is 6.33. The predicted octanol–water partition coefficient (Wildman–Crippen LogP) is 5.94. The van der Waals surface area contributed by atoms with Crippen LogP contribution in [0.4, 0.5) is 5.69 Å². The van der Waals surface area contributed by atoms with Crippen molar-refractivity contribution in [3.05, 3.63) is 82.9 Å². The number of hydrogen-bond acceptors (Lipinski definition) is 5. The van der Waals surface area contributed by atoms with E-state index in [-0.39, 0.29) is 17.7 Å². The third kappa shape index (κ3) is 4.68. The average Bonchev–Trinajstić information content (AvgIpc) is 3.38. The minimum Gasteiger partial charge on any atom is -0.436 e. The molecule has 2 heterocycles. The van der Waals surface area contributed by atoms with E-state index in [1.165, 1.54) is 4.90 Å². The van der Waals surface area contributed by atoms with E-state index in [0.29, 0.717) is 76.6 Å². The highest BCUT2D eigenvalue weighted by Crippen LogP contribution is 2.31. The molecule has 3 amide bonds. The lowest BCUT2D eigenvalue weighted by molar-refractivity contribution is -0.116. The van der Waals surface area contributed by atoms with Crippen molar-refractivity contribution < 1.29 is 18.8 Å². The molecule has 0 fully saturated rings. The maximum absolute atomic E-state index is 12.6. The largest absolute Gasteiger partial charge is 0.436 e. The van der Waals surface area contributed by atoms with E-state index in [1.807, 2.05) is 18.2 Å². The van der Waals surface area contributed by atoms with Gasteiger partial charge in [-0.1, -0.05) is 42.3 Å². The average molecular weight is 488 g/mol. The summed E-state index contributed by atoms with van der Waals surface area (Å²) in [7, 11) is 0. The molecule has 0 unspecified atom stereocenters. The second kappa shape index (κ2) is 9.72. The van der Waals surface area contributed by atoms with Gasteiger partial charge in [0.05, 0.1) is 22.4 Å². The molecule has 1 aliphatic rings. The minimum absolute atomic E-state index is 0.127. The number of carbonyl (C=O) groups is 3. The van der Waals surface area contributed by atoms with Crippen LogP contribution < -0.4 is 5.32 Å². The van der Waals surface area contributed by atoms with E-state index >= 15 is 0 Å². The Hall–Kier alpha value is -3.97. The lowest BCUT2D eigenvalue weighted by atomic mass is 10.1. The van der Waals surface area contributed by atoms with Crippen molar-refractivity contribution in [3.8, 4) is 11.5 Å². The number of rotatable bonds is 8. The Labute approximate surface area is 206 Å². The third-order valence-corrected chi connectivity index (χ3v) is 6.18. The Balaban J connectivity index is 1.14. The second-order valence-electron chi connectivity index (χ2n) is 8.34. The molecule has 4 aromatic rings. The van der Waals surface area contributed by atoms with Gasteiger partial charge in [0.2, 0.25) is 11.8 Å². The Morgan fingerprint density at radius 3 is 2.31 bits per heavy atom. The molecule has 1 aromatic heterocycles. The number of carbonyl (C=O) groups excluding carboxylic acids is 3. The van der Waals surface area contributed by atoms with Gasteiger partial charge < -0.3 is 9.73 Å². The second-order valence-corrected chi connectivity index (χ2v) is 8.78. The van der Waals surface area contributed by atoms with Crippen LogP contribution in [0.15, 0.2) is 71.1 Å². The number of nitrogens with zero attached hydrogens (tertiary/aromatic N) is 2. The number of hydrogen-bond donors (Lipinski definition) is 1. The number of unbranched alkanes of at least 4 members (excludes halogenated alkanes) is 2. The summed E-state index contributed by atoms with van der Waals surface area (Å²) in [6.07, 6.45) is 2.31. The van der Waals surface area contributed by atoms with Crippen LogP contribution in [0, 0.1) is 0 Å². The van der Waals surface area contributed by atoms with Crippen LogP contribution in [0.25, 0.3) is 22.6 Å². The Morgan fingerprint density at radius 2 is 1.57 bits per heavy atom. The molecule has 0 spiro atoms. The normalized spacial score (nSPS) is 12.9. The molecule has 176 valence electrons. The first-order valence-electron chi connectivity index (χ1n) is 11.4. The van der Waals surface area contributed by atoms with Gasteiger partial charge in [0, 0.05) is 18.0 Å². The van der Waals surface area contributed by atoms with Crippen molar-refractivity contribution in [1.82, 2.24) is 9.88 Å². The number of halogens is 1. The van der Waals surface area contributed by atoms with Gasteiger partial charge in [-0.25, -0.2) is 4.98 Å². The van der Waals surface area contributed by atoms with Gasteiger partial charge in [0.15, 0.2) is 5.58 Å². The van der Waals surface area contributed by atoms with E-state index in [4.69, 9.17) is 16.0 Å². The van der Waals surface area contributed by atoms with E-state index in [2.05, 4.69) is 10.3 Å². The SMILES string of the molecule is O=C(CCCCCN1C(=O)c2ccccc2C1=O)Nc1ccccc1-c1nc2cc(Cl)ccc2o1. The van der Waals surface area contributed by atoms with Crippen molar-refractivity contribution >= 4 is 46.1 Å². The van der Waals surface area contributed by atoms with E-state index < -0.39 is 0 Å². The molecule has 7 nitrogen and oxygen atoms in total. The number of benzene rings is 3. The number of fused-ring (bicyclic) bond motifs is 2. The zero-order chi connectivity index (χ0) is 24.4. The van der Waals surface area contributed by atoms with Crippen LogP contribution in [0.3, 0.4) is 0 Å². The molecule has 0 aliphatic carbocycles. The van der Waals surface area contributed by atoms with Gasteiger partial charge in [-0.05, 0) is 55.3 Å². The summed E-state index contributed by atoms with van der Waals surface area (Å²) >= 11 is 6.04. The first kappa shape index (κ1) is 22.8. The zero-order valence-corrected chi connectivity index (χ0v) is 19.5. The van der Waals surface area contributed by atoms with Crippen LogP contribution in [0.1, 0.15) is 46.4 Å². The van der Waals surface area contributed by atoms with Crippen LogP contribution in [-0.2, 0) is 4.79 Å². The number of imide groups is 1. The molecule has 1 N–H and O–H groups in total. The molecule has 0 saturated carbocycles. The quantitative estimate of drug-likeness (QED) is 0.245. The maximum atomic E-state index is 12.6. The van der Waals surface area contributed by atoms with Crippen LogP contribution in [0.2, 0.25) is 5.02 Å². The number of oxazole rings is 1. The molecule has 0 saturated heterocycles. The molecule has 0 atom stereocenters. The highest BCUT2D eigenvalue weighted by molar-refractivity contribution is 6.31. The minimum atomic E-state index is -0.249. The number of aromatic nitrogens is 1. The molecule has 0 radical (unpaired) electrons. The monoisotopic (exact) mass is 487 g/mol. The Bertz CT molecular complexity index is 1410. The zero-order valence-electron chi connectivity index (χ0n) is 18.8. The molecule has 0 bridgehead atoms. The fourth-order valence-corrected chi connectivity index (χ4v) is 4.35. The van der Waals surface area contributed by atoms with Gasteiger partial charge in [-0.3, -0.25) is 19.3 Å². The van der Waals surface area contributed by atoms with Crippen molar-refractivity contribution in [2.45, 2.75) is 25.7 Å². The van der Waals surface area contributed by atoms with Crippen molar-refractivity contribution in [2.75, 3.05) is 11.9 Å². The van der Waals surface area contributed by atoms with E-state index in [0.717, 1.165) is 0 Å². The first-order valence-corrected chi connectivity index (χ1v) is 11.8. The number of nitrogens with one attached hydrogen (secondary N) is 1. The summed E-state index contributed by atoms with van der Waals surface area (Å²) in [4.78, 5) is 43.2. The van der Waals surface area contributed by atoms with Crippen LogP contribution >= 0.6 is 11.6 Å². The summed E-state index contributed by atoms with van der Waals surface area (Å²) in [6.45, 7) is 0.346. The smallest absolute Gasteiger partial charge is 0.261 e. The van der Waals surface area contributed by atoms with Crippen molar-refractivity contribution in [2.24, 2.45) is 0 Å². The number of para-hydroxylation sites is 1. The van der Waals surface area contributed by atoms with Gasteiger partial charge in [-0.2, -0.15) is 0 Å². The summed E-state index contributed by atoms with van der Waals surface area (Å²) in [5.41, 5.74) is 3.46. The molecule has 8 heteroatoms. The third-order valence-electron chi connectivity index (χ3n) is 5.94. The van der Waals surface area contributed by atoms with Gasteiger partial charge in [-0.15, -0.1) is 0 Å². The number of anilines is 1. The number of amides is 3. The lowest BCUT2D eigenvalue weighted by Gasteiger charge is -2.13. The predicted molar refractivity (Wildman–Crippen MR) is 133 cm³/mol. The van der Waals surface area contributed by atoms with Gasteiger partial charge in [0.1, 0.15) is 5.52 Å². The molecule has 3 aromatic carbocycles. The van der Waals surface area contributed by atoms with Crippen LogP contribution in [-0.4, -0.2) is 34.2 Å². The van der Waals surface area contributed by atoms with E-state index in [1.54, 1.807) is 48.5 Å². The summed E-state index contributed by atoms with van der Waals surface area (Å²) in [5.74, 6) is -0.223. The highest BCUT2D eigenvalue weighted by atomic mass is 35.5.